The van der Waals surface area contributed by atoms with Crippen LogP contribution in [-0.2, 0) is 12.8 Å². The molecule has 1 N–H and O–H groups in total. The molecule has 0 bridgehead atoms. The third-order valence-corrected chi connectivity index (χ3v) is 5.77. The number of anilines is 1. The molecular weight excluding hydrogens is 356 g/mol. The van der Waals surface area contributed by atoms with E-state index in [9.17, 15) is 10.1 Å². The van der Waals surface area contributed by atoms with E-state index in [0.29, 0.717) is 21.3 Å². The van der Waals surface area contributed by atoms with Gasteiger partial charge in [-0.1, -0.05) is 23.7 Å². The zero-order valence-electron chi connectivity index (χ0n) is 13.1. The van der Waals surface area contributed by atoms with Crippen LogP contribution in [0.15, 0.2) is 40.8 Å². The van der Waals surface area contributed by atoms with E-state index in [4.69, 9.17) is 16.0 Å². The molecule has 2 heterocycles. The molecule has 2 aromatic heterocycles. The van der Waals surface area contributed by atoms with Crippen LogP contribution in [0.25, 0.3) is 11.3 Å². The highest BCUT2D eigenvalue weighted by Crippen LogP contribution is 2.39. The molecule has 1 aliphatic rings. The summed E-state index contributed by atoms with van der Waals surface area (Å²) in [5.74, 6) is 0.354. The van der Waals surface area contributed by atoms with E-state index in [1.807, 2.05) is 18.2 Å². The van der Waals surface area contributed by atoms with Gasteiger partial charge >= 0.3 is 0 Å². The number of aryl methyl sites for hydroxylation is 1. The first-order valence-electron chi connectivity index (χ1n) is 7.88. The number of rotatable bonds is 3. The fourth-order valence-electron chi connectivity index (χ4n) is 3.04. The van der Waals surface area contributed by atoms with Crippen LogP contribution in [0, 0.1) is 11.3 Å². The van der Waals surface area contributed by atoms with Gasteiger partial charge in [0.15, 0.2) is 5.76 Å². The number of halogens is 1. The minimum Gasteiger partial charge on any atom is -0.451 e. The molecule has 25 heavy (non-hydrogen) atoms. The van der Waals surface area contributed by atoms with E-state index >= 15 is 0 Å². The van der Waals surface area contributed by atoms with Crippen LogP contribution in [-0.4, -0.2) is 5.91 Å². The third-order valence-electron chi connectivity index (χ3n) is 4.23. The van der Waals surface area contributed by atoms with Crippen molar-refractivity contribution in [3.05, 3.63) is 63.2 Å². The van der Waals surface area contributed by atoms with Gasteiger partial charge in [0, 0.05) is 10.4 Å². The molecule has 1 amide bonds. The van der Waals surface area contributed by atoms with Gasteiger partial charge < -0.3 is 9.73 Å². The molecule has 0 unspecified atom stereocenters. The number of nitriles is 1. The lowest BCUT2D eigenvalue weighted by Crippen LogP contribution is -2.10. The smallest absolute Gasteiger partial charge is 0.292 e. The molecule has 4 nitrogen and oxygen atoms in total. The van der Waals surface area contributed by atoms with Gasteiger partial charge in [-0.25, -0.2) is 0 Å². The van der Waals surface area contributed by atoms with Gasteiger partial charge in [-0.15, -0.1) is 11.3 Å². The highest BCUT2D eigenvalue weighted by Gasteiger charge is 2.24. The number of nitrogens with one attached hydrogen (secondary N) is 1. The Balaban J connectivity index is 1.59. The van der Waals surface area contributed by atoms with Gasteiger partial charge in [0.2, 0.25) is 0 Å². The normalized spacial score (nSPS) is 12.6. The predicted molar refractivity (Wildman–Crippen MR) is 98.2 cm³/mol. The van der Waals surface area contributed by atoms with Crippen LogP contribution in [0.1, 0.15) is 33.0 Å². The molecule has 0 saturated heterocycles. The van der Waals surface area contributed by atoms with E-state index in [-0.39, 0.29) is 11.7 Å². The summed E-state index contributed by atoms with van der Waals surface area (Å²) < 4.78 is 5.66. The second-order valence-corrected chi connectivity index (χ2v) is 7.28. The molecule has 0 aliphatic heterocycles. The Morgan fingerprint density at radius 2 is 2.08 bits per heavy atom. The van der Waals surface area contributed by atoms with Crippen molar-refractivity contribution in [1.82, 2.24) is 0 Å². The van der Waals surface area contributed by atoms with Crippen LogP contribution < -0.4 is 5.32 Å². The fourth-order valence-corrected chi connectivity index (χ4v) is 4.50. The summed E-state index contributed by atoms with van der Waals surface area (Å²) in [6.45, 7) is 0. The van der Waals surface area contributed by atoms with E-state index in [1.165, 1.54) is 16.2 Å². The average molecular weight is 369 g/mol. The van der Waals surface area contributed by atoms with Crippen molar-refractivity contribution in [2.24, 2.45) is 0 Å². The first-order chi connectivity index (χ1) is 12.2. The molecule has 3 aromatic rings. The Bertz CT molecular complexity index is 1010. The van der Waals surface area contributed by atoms with Crippen molar-refractivity contribution in [3.63, 3.8) is 0 Å². The van der Waals surface area contributed by atoms with Gasteiger partial charge in [-0.3, -0.25) is 4.79 Å². The van der Waals surface area contributed by atoms with Gasteiger partial charge in [0.1, 0.15) is 16.8 Å². The van der Waals surface area contributed by atoms with E-state index in [2.05, 4.69) is 11.4 Å². The van der Waals surface area contributed by atoms with Crippen molar-refractivity contribution in [2.45, 2.75) is 19.3 Å². The Hall–Kier alpha value is -2.55. The molecule has 4 rings (SSSR count). The van der Waals surface area contributed by atoms with Gasteiger partial charge in [-0.2, -0.15) is 5.26 Å². The van der Waals surface area contributed by atoms with Gasteiger partial charge in [0.25, 0.3) is 5.91 Å². The lowest BCUT2D eigenvalue weighted by atomic mass is 10.1. The highest BCUT2D eigenvalue weighted by molar-refractivity contribution is 7.16. The number of fused-ring (bicyclic) bond motifs is 1. The number of hydrogen-bond donors (Lipinski definition) is 1. The topological polar surface area (TPSA) is 66.0 Å². The summed E-state index contributed by atoms with van der Waals surface area (Å²) in [5, 5.41) is 13.4. The maximum absolute atomic E-state index is 12.5. The maximum atomic E-state index is 12.5. The molecule has 0 spiro atoms. The molecule has 0 saturated carbocycles. The van der Waals surface area contributed by atoms with Crippen LogP contribution in [0.3, 0.4) is 0 Å². The summed E-state index contributed by atoms with van der Waals surface area (Å²) in [5.41, 5.74) is 2.40. The Kier molecular flexibility index (Phi) is 4.08. The number of nitrogens with zero attached hydrogens (tertiary/aromatic N) is 1. The number of benzene rings is 1. The average Bonchev–Trinajstić information content (AvgIpc) is 3.30. The molecule has 124 valence electrons. The standard InChI is InChI=1S/C19H13ClN2O2S/c20-14-6-2-1-4-12(14)15-8-9-16(24-15)18(23)22-19-13(10-21)11-5-3-7-17(11)25-19/h1-2,4,6,8-9H,3,5,7H2,(H,22,23). The molecular formula is C19H13ClN2O2S. The van der Waals surface area contributed by atoms with Crippen molar-refractivity contribution in [2.75, 3.05) is 5.32 Å². The van der Waals surface area contributed by atoms with E-state index < -0.39 is 0 Å². The molecule has 0 atom stereocenters. The number of carbonyl (C=O) groups is 1. The fraction of sp³-hybridized carbons (Fsp3) is 0.158. The SMILES string of the molecule is N#Cc1c(NC(=O)c2ccc(-c3ccccc3Cl)o2)sc2c1CCC2. The number of amides is 1. The lowest BCUT2D eigenvalue weighted by Gasteiger charge is -2.02. The van der Waals surface area contributed by atoms with Crippen LogP contribution in [0.5, 0.6) is 0 Å². The Labute approximate surface area is 153 Å². The van der Waals surface area contributed by atoms with Crippen molar-refractivity contribution < 1.29 is 9.21 Å². The highest BCUT2D eigenvalue weighted by atomic mass is 35.5. The summed E-state index contributed by atoms with van der Waals surface area (Å²) in [6, 6.07) is 12.8. The third kappa shape index (κ3) is 2.84. The van der Waals surface area contributed by atoms with E-state index in [1.54, 1.807) is 18.2 Å². The number of thiophene rings is 1. The first-order valence-corrected chi connectivity index (χ1v) is 9.07. The zero-order chi connectivity index (χ0) is 17.4. The van der Waals surface area contributed by atoms with Crippen LogP contribution in [0.2, 0.25) is 5.02 Å². The van der Waals surface area contributed by atoms with Gasteiger partial charge in [-0.05, 0) is 49.1 Å². The molecule has 6 heteroatoms. The quantitative estimate of drug-likeness (QED) is 0.684. The zero-order valence-corrected chi connectivity index (χ0v) is 14.7. The molecule has 0 radical (unpaired) electrons. The van der Waals surface area contributed by atoms with Crippen LogP contribution >= 0.6 is 22.9 Å². The monoisotopic (exact) mass is 368 g/mol. The maximum Gasteiger partial charge on any atom is 0.292 e. The number of hydrogen-bond acceptors (Lipinski definition) is 4. The number of carbonyl (C=O) groups excluding carboxylic acids is 1. The second kappa shape index (κ2) is 6.40. The minimum absolute atomic E-state index is 0.187. The van der Waals surface area contributed by atoms with Crippen molar-refractivity contribution in [3.8, 4) is 17.4 Å². The minimum atomic E-state index is -0.366. The first kappa shape index (κ1) is 15.9. The molecule has 0 fully saturated rings. The summed E-state index contributed by atoms with van der Waals surface area (Å²) in [6.07, 6.45) is 2.95. The Morgan fingerprint density at radius 1 is 1.24 bits per heavy atom. The summed E-state index contributed by atoms with van der Waals surface area (Å²) >= 11 is 7.65. The van der Waals surface area contributed by atoms with Gasteiger partial charge in [0.05, 0.1) is 10.6 Å². The van der Waals surface area contributed by atoms with Crippen molar-refractivity contribution in [1.29, 1.82) is 5.26 Å². The number of furan rings is 1. The summed E-state index contributed by atoms with van der Waals surface area (Å²) in [7, 11) is 0. The summed E-state index contributed by atoms with van der Waals surface area (Å²) in [4.78, 5) is 13.7. The molecule has 1 aliphatic carbocycles. The predicted octanol–water partition coefficient (Wildman–Crippen LogP) is 5.27. The van der Waals surface area contributed by atoms with E-state index in [0.717, 1.165) is 30.4 Å². The largest absolute Gasteiger partial charge is 0.451 e. The second-order valence-electron chi connectivity index (χ2n) is 5.77. The van der Waals surface area contributed by atoms with Crippen molar-refractivity contribution >= 4 is 33.8 Å². The molecule has 1 aromatic carbocycles. The lowest BCUT2D eigenvalue weighted by molar-refractivity contribution is 0.0998. The van der Waals surface area contributed by atoms with Crippen LogP contribution in [0.4, 0.5) is 5.00 Å². The Morgan fingerprint density at radius 3 is 2.88 bits per heavy atom.